The molecule has 1 nitrogen and oxygen atoms in total. The van der Waals surface area contributed by atoms with Gasteiger partial charge in [-0.05, 0) is 20.8 Å². The van der Waals surface area contributed by atoms with E-state index in [1.165, 1.54) is 22.0 Å². The molecule has 0 heterocycles. The first-order valence-corrected chi connectivity index (χ1v) is 6.11. The summed E-state index contributed by atoms with van der Waals surface area (Å²) in [4.78, 5) is 0. The molecule has 0 aromatic heterocycles. The molecule has 0 saturated heterocycles. The number of thiol groups is 2. The molecule has 56 valence electrons. The summed E-state index contributed by atoms with van der Waals surface area (Å²) >= 11 is 8.12. The normalized spacial score (nSPS) is 12.7. The average Bonchev–Trinajstić information content (AvgIpc) is 1.65. The minimum atomic E-state index is 0.124. The lowest BCUT2D eigenvalue weighted by atomic mass is 10.1. The third-order valence-corrected chi connectivity index (χ3v) is 4.18. The summed E-state index contributed by atoms with van der Waals surface area (Å²) in [7, 11) is 2.78. The fraction of sp³-hybridized carbons (Fsp3) is 1.00. The molecule has 0 radical (unpaired) electrons. The molecule has 0 fully saturated rings. The standard InChI is InChI=1S/C4H11NS4/c1-4(2,3)5(8-6)9-7/h6-7H,1-3H3. The Morgan fingerprint density at radius 2 is 1.44 bits per heavy atom. The van der Waals surface area contributed by atoms with Crippen LogP contribution in [0.25, 0.3) is 0 Å². The largest absolute Gasteiger partial charge is 0.170 e. The number of rotatable bonds is 2. The molecule has 0 bridgehead atoms. The summed E-state index contributed by atoms with van der Waals surface area (Å²) in [5, 5.41) is 0. The van der Waals surface area contributed by atoms with E-state index in [1.807, 2.05) is 3.71 Å². The predicted molar refractivity (Wildman–Crippen MR) is 54.7 cm³/mol. The van der Waals surface area contributed by atoms with Crippen LogP contribution >= 0.6 is 45.3 Å². The van der Waals surface area contributed by atoms with Gasteiger partial charge >= 0.3 is 0 Å². The minimum absolute atomic E-state index is 0.124. The molecule has 0 unspecified atom stereocenters. The SMILES string of the molecule is CC(C)(C)N(SS)SS. The van der Waals surface area contributed by atoms with Crippen molar-refractivity contribution in [1.82, 2.24) is 3.71 Å². The van der Waals surface area contributed by atoms with Crippen LogP contribution in [0.4, 0.5) is 0 Å². The van der Waals surface area contributed by atoms with Crippen LogP contribution < -0.4 is 0 Å². The number of hydrogen-bond donors (Lipinski definition) is 2. The third-order valence-electron chi connectivity index (χ3n) is 0.696. The second-order valence-electron chi connectivity index (χ2n) is 2.59. The lowest BCUT2D eigenvalue weighted by Crippen LogP contribution is -2.28. The minimum Gasteiger partial charge on any atom is -0.170 e. The summed E-state index contributed by atoms with van der Waals surface area (Å²) in [6, 6.07) is 0. The van der Waals surface area contributed by atoms with Gasteiger partial charge in [0.25, 0.3) is 0 Å². The highest BCUT2D eigenvalue weighted by atomic mass is 33.1. The topological polar surface area (TPSA) is 3.24 Å². The zero-order chi connectivity index (χ0) is 7.49. The molecule has 0 spiro atoms. The highest BCUT2D eigenvalue weighted by molar-refractivity contribution is 8.75. The second kappa shape index (κ2) is 4.28. The molecule has 5 heteroatoms. The summed E-state index contributed by atoms with van der Waals surface area (Å²) in [5.41, 5.74) is 0.124. The van der Waals surface area contributed by atoms with Crippen LogP contribution in [0.3, 0.4) is 0 Å². The first-order valence-electron chi connectivity index (χ1n) is 2.45. The molecular weight excluding hydrogens is 190 g/mol. The smallest absolute Gasteiger partial charge is 0.0357 e. The van der Waals surface area contributed by atoms with Crippen LogP contribution in [0.2, 0.25) is 0 Å². The Kier molecular flexibility index (Phi) is 4.93. The first-order chi connectivity index (χ1) is 4.02. The van der Waals surface area contributed by atoms with Crippen LogP contribution in [0.5, 0.6) is 0 Å². The van der Waals surface area contributed by atoms with Gasteiger partial charge in [-0.1, -0.05) is 23.3 Å². The summed E-state index contributed by atoms with van der Waals surface area (Å²) in [6.45, 7) is 6.33. The second-order valence-corrected chi connectivity index (χ2v) is 4.86. The molecule has 0 saturated carbocycles. The van der Waals surface area contributed by atoms with E-state index in [9.17, 15) is 0 Å². The Morgan fingerprint density at radius 1 is 1.11 bits per heavy atom. The van der Waals surface area contributed by atoms with Gasteiger partial charge in [0.05, 0.1) is 0 Å². The van der Waals surface area contributed by atoms with Gasteiger partial charge in [-0.2, -0.15) is 3.71 Å². The third kappa shape index (κ3) is 3.93. The number of hydrogen-bond acceptors (Lipinski definition) is 5. The fourth-order valence-corrected chi connectivity index (χ4v) is 3.41. The molecule has 0 N–H and O–H groups in total. The molecule has 0 rings (SSSR count). The van der Waals surface area contributed by atoms with Crippen molar-refractivity contribution in [3.63, 3.8) is 0 Å². The van der Waals surface area contributed by atoms with Crippen molar-refractivity contribution >= 4 is 45.3 Å². The van der Waals surface area contributed by atoms with Gasteiger partial charge in [0.2, 0.25) is 0 Å². The molecule has 0 atom stereocenters. The first kappa shape index (κ1) is 10.4. The Bertz CT molecular complexity index is 75.1. The monoisotopic (exact) mass is 201 g/mol. The maximum Gasteiger partial charge on any atom is 0.0357 e. The molecule has 9 heavy (non-hydrogen) atoms. The van der Waals surface area contributed by atoms with Crippen molar-refractivity contribution in [3.05, 3.63) is 0 Å². The fourth-order valence-electron chi connectivity index (χ4n) is 0.260. The van der Waals surface area contributed by atoms with Gasteiger partial charge in [-0.3, -0.25) is 0 Å². The quantitative estimate of drug-likeness (QED) is 0.402. The zero-order valence-corrected chi connectivity index (χ0v) is 9.08. The van der Waals surface area contributed by atoms with Crippen LogP contribution in [0.1, 0.15) is 20.8 Å². The average molecular weight is 201 g/mol. The molecular formula is C4H11NS4. The van der Waals surface area contributed by atoms with Crippen molar-refractivity contribution in [2.75, 3.05) is 0 Å². The van der Waals surface area contributed by atoms with E-state index >= 15 is 0 Å². The van der Waals surface area contributed by atoms with E-state index in [1.54, 1.807) is 0 Å². The Labute approximate surface area is 75.2 Å². The van der Waals surface area contributed by atoms with Crippen LogP contribution in [0.15, 0.2) is 0 Å². The highest BCUT2D eigenvalue weighted by Crippen LogP contribution is 2.35. The van der Waals surface area contributed by atoms with Crippen molar-refractivity contribution in [2.24, 2.45) is 0 Å². The van der Waals surface area contributed by atoms with Gasteiger partial charge in [-0.15, -0.1) is 0 Å². The molecule has 0 aliphatic rings. The van der Waals surface area contributed by atoms with E-state index in [4.69, 9.17) is 0 Å². The maximum atomic E-state index is 4.06. The number of nitrogens with zero attached hydrogens (tertiary/aromatic N) is 1. The maximum absolute atomic E-state index is 4.06. The van der Waals surface area contributed by atoms with Gasteiger partial charge < -0.3 is 0 Å². The molecule has 0 amide bonds. The van der Waals surface area contributed by atoms with E-state index < -0.39 is 0 Å². The van der Waals surface area contributed by atoms with Crippen molar-refractivity contribution in [2.45, 2.75) is 26.3 Å². The van der Waals surface area contributed by atoms with Crippen LogP contribution in [-0.4, -0.2) is 9.25 Å². The van der Waals surface area contributed by atoms with Crippen molar-refractivity contribution in [3.8, 4) is 0 Å². The van der Waals surface area contributed by atoms with E-state index in [0.717, 1.165) is 0 Å². The van der Waals surface area contributed by atoms with Gasteiger partial charge in [0, 0.05) is 27.5 Å². The Balaban J connectivity index is 3.79. The van der Waals surface area contributed by atoms with E-state index in [2.05, 4.69) is 44.1 Å². The van der Waals surface area contributed by atoms with Crippen LogP contribution in [0, 0.1) is 0 Å². The lowest BCUT2D eigenvalue weighted by molar-refractivity contribution is 0.417. The zero-order valence-electron chi connectivity index (χ0n) is 5.66. The molecule has 0 aliphatic carbocycles. The lowest BCUT2D eigenvalue weighted by Gasteiger charge is -2.28. The molecule has 0 aliphatic heterocycles. The Hall–Kier alpha value is 1.36. The molecule has 0 aromatic carbocycles. The van der Waals surface area contributed by atoms with Crippen molar-refractivity contribution in [1.29, 1.82) is 0 Å². The predicted octanol–water partition coefficient (Wildman–Crippen LogP) is 3.07. The van der Waals surface area contributed by atoms with Gasteiger partial charge in [0.15, 0.2) is 0 Å². The Morgan fingerprint density at radius 3 is 1.44 bits per heavy atom. The van der Waals surface area contributed by atoms with Gasteiger partial charge in [0.1, 0.15) is 0 Å². The summed E-state index contributed by atoms with van der Waals surface area (Å²) in [6.07, 6.45) is 0. The van der Waals surface area contributed by atoms with Crippen molar-refractivity contribution < 1.29 is 0 Å². The molecule has 0 aromatic rings. The summed E-state index contributed by atoms with van der Waals surface area (Å²) < 4.78 is 2.00. The summed E-state index contributed by atoms with van der Waals surface area (Å²) in [5.74, 6) is 0. The van der Waals surface area contributed by atoms with Crippen LogP contribution in [-0.2, 0) is 0 Å². The van der Waals surface area contributed by atoms with E-state index in [0.29, 0.717) is 0 Å². The van der Waals surface area contributed by atoms with E-state index in [-0.39, 0.29) is 5.54 Å². The van der Waals surface area contributed by atoms with Gasteiger partial charge in [-0.25, -0.2) is 0 Å². The highest BCUT2D eigenvalue weighted by Gasteiger charge is 2.20.